The van der Waals surface area contributed by atoms with E-state index >= 15 is 0 Å². The van der Waals surface area contributed by atoms with Crippen molar-refractivity contribution in [3.63, 3.8) is 0 Å². The van der Waals surface area contributed by atoms with Gasteiger partial charge in [-0.1, -0.05) is 0 Å². The summed E-state index contributed by atoms with van der Waals surface area (Å²) in [5.41, 5.74) is 1.46. The van der Waals surface area contributed by atoms with Crippen molar-refractivity contribution < 1.29 is 0 Å². The van der Waals surface area contributed by atoms with Crippen LogP contribution in [0.1, 0.15) is 4.88 Å². The van der Waals surface area contributed by atoms with Crippen LogP contribution >= 0.6 is 11.3 Å². The number of allylic oxidation sites excluding steroid dienone is 2. The highest BCUT2D eigenvalue weighted by molar-refractivity contribution is 7.10. The van der Waals surface area contributed by atoms with Gasteiger partial charge in [0.05, 0.1) is 16.0 Å². The second-order valence-corrected chi connectivity index (χ2v) is 2.84. The first-order valence-electron chi connectivity index (χ1n) is 3.17. The summed E-state index contributed by atoms with van der Waals surface area (Å²) in [6.45, 7) is 0. The van der Waals surface area contributed by atoms with E-state index in [1.165, 1.54) is 17.5 Å². The Morgan fingerprint density at radius 3 is 2.31 bits per heavy atom. The number of nitrogens with zero attached hydrogens (tertiary/aromatic N) is 4. The highest BCUT2D eigenvalue weighted by atomic mass is 32.1. The van der Waals surface area contributed by atoms with Crippen LogP contribution < -0.4 is 0 Å². The summed E-state index contributed by atoms with van der Waals surface area (Å²) in [4.78, 5) is 4.30. The van der Waals surface area contributed by atoms with Gasteiger partial charge in [0.2, 0.25) is 0 Å². The van der Waals surface area contributed by atoms with Crippen molar-refractivity contribution in [1.82, 2.24) is 4.98 Å². The van der Waals surface area contributed by atoms with Crippen LogP contribution in [0.25, 0.3) is 5.57 Å². The van der Waals surface area contributed by atoms with Gasteiger partial charge in [-0.25, -0.2) is 0 Å². The van der Waals surface area contributed by atoms with Gasteiger partial charge in [0.15, 0.2) is 0 Å². The molecule has 4 nitrogen and oxygen atoms in total. The molecule has 0 saturated heterocycles. The molecule has 0 saturated carbocycles. The SMILES string of the molecule is N#CC(C#N)=C(C#N)c1cncs1. The molecule has 1 aromatic rings. The Kier molecular flexibility index (Phi) is 2.76. The summed E-state index contributed by atoms with van der Waals surface area (Å²) < 4.78 is 0. The third-order valence-electron chi connectivity index (χ3n) is 1.26. The fraction of sp³-hybridized carbons (Fsp3) is 0. The van der Waals surface area contributed by atoms with Gasteiger partial charge in [-0.05, 0) is 0 Å². The van der Waals surface area contributed by atoms with Crippen LogP contribution in [-0.4, -0.2) is 4.98 Å². The van der Waals surface area contributed by atoms with E-state index in [0.29, 0.717) is 4.88 Å². The summed E-state index contributed by atoms with van der Waals surface area (Å²) in [6.07, 6.45) is 1.46. The third kappa shape index (κ3) is 1.70. The van der Waals surface area contributed by atoms with Gasteiger partial charge in [0, 0.05) is 6.20 Å². The van der Waals surface area contributed by atoms with Crippen molar-refractivity contribution in [3.8, 4) is 18.2 Å². The molecule has 0 atom stereocenters. The van der Waals surface area contributed by atoms with Crippen LogP contribution in [0.5, 0.6) is 0 Å². The minimum atomic E-state index is -0.174. The van der Waals surface area contributed by atoms with Crippen LogP contribution in [0.3, 0.4) is 0 Å². The van der Waals surface area contributed by atoms with Crippen molar-refractivity contribution >= 4 is 16.9 Å². The van der Waals surface area contributed by atoms with Gasteiger partial charge in [0.1, 0.15) is 23.8 Å². The third-order valence-corrected chi connectivity index (χ3v) is 2.05. The molecule has 0 amide bonds. The highest BCUT2D eigenvalue weighted by Crippen LogP contribution is 2.20. The molecule has 0 aliphatic rings. The molecule has 13 heavy (non-hydrogen) atoms. The van der Waals surface area contributed by atoms with Crippen molar-refractivity contribution in [2.45, 2.75) is 0 Å². The molecule has 0 aromatic carbocycles. The molecule has 0 fully saturated rings. The zero-order valence-electron chi connectivity index (χ0n) is 6.35. The Bertz CT molecular complexity index is 434. The summed E-state index contributed by atoms with van der Waals surface area (Å²) in [5, 5.41) is 25.8. The van der Waals surface area contributed by atoms with Crippen molar-refractivity contribution in [1.29, 1.82) is 15.8 Å². The maximum absolute atomic E-state index is 8.70. The molecule has 0 aliphatic carbocycles. The molecule has 0 radical (unpaired) electrons. The van der Waals surface area contributed by atoms with Gasteiger partial charge in [-0.15, -0.1) is 11.3 Å². The zero-order chi connectivity index (χ0) is 9.68. The van der Waals surface area contributed by atoms with E-state index < -0.39 is 0 Å². The first kappa shape index (κ1) is 8.93. The predicted octanol–water partition coefficient (Wildman–Crippen LogP) is 1.47. The lowest BCUT2D eigenvalue weighted by Gasteiger charge is -1.89. The molecule has 0 N–H and O–H groups in total. The van der Waals surface area contributed by atoms with Gasteiger partial charge in [-0.3, -0.25) is 4.98 Å². The lowest BCUT2D eigenvalue weighted by atomic mass is 10.1. The normalized spacial score (nSPS) is 7.77. The monoisotopic (exact) mass is 186 g/mol. The van der Waals surface area contributed by atoms with E-state index in [1.807, 2.05) is 6.07 Å². The molecule has 5 heteroatoms. The van der Waals surface area contributed by atoms with E-state index in [-0.39, 0.29) is 11.1 Å². The van der Waals surface area contributed by atoms with Gasteiger partial charge >= 0.3 is 0 Å². The average Bonchev–Trinajstić information content (AvgIpc) is 2.66. The predicted molar refractivity (Wildman–Crippen MR) is 45.9 cm³/mol. The molecule has 1 rings (SSSR count). The van der Waals surface area contributed by atoms with Crippen LogP contribution in [0.4, 0.5) is 0 Å². The smallest absolute Gasteiger partial charge is 0.148 e. The summed E-state index contributed by atoms with van der Waals surface area (Å²) in [7, 11) is 0. The molecule has 60 valence electrons. The van der Waals surface area contributed by atoms with Crippen molar-refractivity contribution in [2.75, 3.05) is 0 Å². The molecule has 1 aromatic heterocycles. The fourth-order valence-electron chi connectivity index (χ4n) is 0.710. The summed E-state index contributed by atoms with van der Waals surface area (Å²) in [6, 6.07) is 5.14. The average molecular weight is 186 g/mol. The molecular formula is C8H2N4S. The molecule has 0 spiro atoms. The minimum Gasteiger partial charge on any atom is -0.252 e. The molecule has 0 unspecified atom stereocenters. The number of nitriles is 3. The second kappa shape index (κ2) is 4.01. The lowest BCUT2D eigenvalue weighted by Crippen LogP contribution is -1.82. The van der Waals surface area contributed by atoms with E-state index in [1.54, 1.807) is 17.6 Å². The maximum Gasteiger partial charge on any atom is 0.148 e. The van der Waals surface area contributed by atoms with Crippen LogP contribution in [0, 0.1) is 34.0 Å². The quantitative estimate of drug-likeness (QED) is 0.621. The van der Waals surface area contributed by atoms with E-state index in [2.05, 4.69) is 4.98 Å². The Balaban J connectivity index is 3.32. The molecule has 0 bridgehead atoms. The van der Waals surface area contributed by atoms with Crippen LogP contribution in [0.2, 0.25) is 0 Å². The second-order valence-electron chi connectivity index (χ2n) is 1.95. The zero-order valence-corrected chi connectivity index (χ0v) is 7.17. The first-order valence-corrected chi connectivity index (χ1v) is 4.05. The minimum absolute atomic E-state index is 0.0903. The molecule has 1 heterocycles. The summed E-state index contributed by atoms with van der Waals surface area (Å²) in [5.74, 6) is 0. The van der Waals surface area contributed by atoms with E-state index in [9.17, 15) is 0 Å². The van der Waals surface area contributed by atoms with Crippen molar-refractivity contribution in [3.05, 3.63) is 22.2 Å². The number of hydrogen-bond acceptors (Lipinski definition) is 5. The maximum atomic E-state index is 8.70. The standard InChI is InChI=1S/C8H2N4S/c9-1-6(2-10)7(3-11)8-4-12-5-13-8/h4-5H. The Labute approximate surface area is 78.6 Å². The lowest BCUT2D eigenvalue weighted by molar-refractivity contribution is 1.41. The van der Waals surface area contributed by atoms with E-state index in [4.69, 9.17) is 15.8 Å². The number of hydrogen-bond donors (Lipinski definition) is 0. The van der Waals surface area contributed by atoms with Crippen LogP contribution in [0.15, 0.2) is 17.3 Å². The summed E-state index contributed by atoms with van der Waals surface area (Å²) >= 11 is 1.22. The van der Waals surface area contributed by atoms with Gasteiger partial charge < -0.3 is 0 Å². The number of rotatable bonds is 1. The highest BCUT2D eigenvalue weighted by Gasteiger charge is 2.09. The topological polar surface area (TPSA) is 84.3 Å². The Morgan fingerprint density at radius 2 is 1.92 bits per heavy atom. The van der Waals surface area contributed by atoms with Crippen LogP contribution in [-0.2, 0) is 0 Å². The Morgan fingerprint density at radius 1 is 1.23 bits per heavy atom. The first-order chi connectivity index (χ1) is 6.33. The Hall–Kier alpha value is -2.16. The largest absolute Gasteiger partial charge is 0.252 e. The molecular weight excluding hydrogens is 184 g/mol. The molecule has 0 aliphatic heterocycles. The number of thiazole rings is 1. The van der Waals surface area contributed by atoms with Gasteiger partial charge in [0.25, 0.3) is 0 Å². The van der Waals surface area contributed by atoms with Crippen molar-refractivity contribution in [2.24, 2.45) is 0 Å². The van der Waals surface area contributed by atoms with Gasteiger partial charge in [-0.2, -0.15) is 15.8 Å². The fourth-order valence-corrected chi connectivity index (χ4v) is 1.33. The number of aromatic nitrogens is 1. The van der Waals surface area contributed by atoms with E-state index in [0.717, 1.165) is 0 Å².